The molecule has 3 aromatic heterocycles. The third kappa shape index (κ3) is 1.62. The van der Waals surface area contributed by atoms with Gasteiger partial charge in [0.25, 0.3) is 0 Å². The van der Waals surface area contributed by atoms with Crippen LogP contribution in [0, 0.1) is 13.8 Å². The van der Waals surface area contributed by atoms with Crippen molar-refractivity contribution >= 4 is 16.4 Å². The van der Waals surface area contributed by atoms with Crippen molar-refractivity contribution in [1.82, 2.24) is 19.8 Å². The van der Waals surface area contributed by atoms with E-state index in [4.69, 9.17) is 4.52 Å². The Hall–Kier alpha value is -2.89. The number of hydrogen-bond acceptors (Lipinski definition) is 4. The van der Waals surface area contributed by atoms with Crippen molar-refractivity contribution in [3.8, 4) is 11.1 Å². The molecule has 0 unspecified atom stereocenters. The lowest BCUT2D eigenvalue weighted by Crippen LogP contribution is -2.08. The number of nitrogens with one attached hydrogen (secondary N) is 1. The maximum absolute atomic E-state index is 11.7. The largest absolute Gasteiger partial charge is 0.361 e. The molecule has 0 fully saturated rings. The minimum Gasteiger partial charge on any atom is -0.361 e. The summed E-state index contributed by atoms with van der Waals surface area (Å²) in [5, 5.41) is 12.5. The summed E-state index contributed by atoms with van der Waals surface area (Å²) in [6.45, 7) is 3.80. The quantitative estimate of drug-likeness (QED) is 0.581. The van der Waals surface area contributed by atoms with Crippen molar-refractivity contribution < 1.29 is 4.52 Å². The van der Waals surface area contributed by atoms with E-state index in [2.05, 4.69) is 15.4 Å². The zero-order chi connectivity index (χ0) is 14.6. The van der Waals surface area contributed by atoms with E-state index in [-0.39, 0.29) is 5.69 Å². The lowest BCUT2D eigenvalue weighted by atomic mass is 10.0. The smallest absolute Gasteiger partial charge is 0.347 e. The van der Waals surface area contributed by atoms with Gasteiger partial charge in [-0.2, -0.15) is 5.10 Å². The topological polar surface area (TPSA) is 76.2 Å². The molecule has 0 spiro atoms. The maximum Gasteiger partial charge on any atom is 0.347 e. The Morgan fingerprint density at radius 1 is 1.24 bits per heavy atom. The Kier molecular flexibility index (Phi) is 2.29. The first-order valence-electron chi connectivity index (χ1n) is 6.58. The molecule has 0 aliphatic heterocycles. The molecular weight excluding hydrogens is 268 g/mol. The second-order valence-electron chi connectivity index (χ2n) is 5.04. The van der Waals surface area contributed by atoms with E-state index in [9.17, 15) is 4.79 Å². The lowest BCUT2D eigenvalue weighted by molar-refractivity contribution is 0.393. The van der Waals surface area contributed by atoms with E-state index in [1.54, 1.807) is 6.20 Å². The molecule has 0 aliphatic carbocycles. The first kappa shape index (κ1) is 11.9. The number of aromatic nitrogens is 4. The summed E-state index contributed by atoms with van der Waals surface area (Å²) in [6, 6.07) is 7.94. The number of aromatic amines is 1. The highest BCUT2D eigenvalue weighted by Gasteiger charge is 2.13. The molecule has 0 atom stereocenters. The molecule has 1 aromatic carbocycles. The van der Waals surface area contributed by atoms with Gasteiger partial charge in [-0.15, -0.1) is 0 Å². The molecule has 0 bridgehead atoms. The summed E-state index contributed by atoms with van der Waals surface area (Å²) in [6.07, 6.45) is 1.72. The van der Waals surface area contributed by atoms with Crippen LogP contribution in [-0.2, 0) is 0 Å². The molecule has 0 saturated carbocycles. The van der Waals surface area contributed by atoms with Crippen LogP contribution in [0.1, 0.15) is 11.5 Å². The Balaban J connectivity index is 2.09. The summed E-state index contributed by atoms with van der Waals surface area (Å²) in [4.78, 5) is 11.7. The summed E-state index contributed by atoms with van der Waals surface area (Å²) < 4.78 is 6.73. The average Bonchev–Trinajstić information content (AvgIpc) is 3.02. The molecule has 0 aliphatic rings. The van der Waals surface area contributed by atoms with Gasteiger partial charge >= 0.3 is 5.69 Å². The van der Waals surface area contributed by atoms with Crippen molar-refractivity contribution in [1.29, 1.82) is 0 Å². The van der Waals surface area contributed by atoms with Gasteiger partial charge in [0.05, 0.1) is 5.69 Å². The number of nitrogens with zero attached hydrogens (tertiary/aromatic N) is 3. The standard InChI is InChI=1S/C15H12N4O2/c1-8-13(9(2)21-18-8)11-4-3-10-5-6-19-14(12(10)7-11)16-17-15(19)20/h3-7H,1-2H3,(H,17,20). The van der Waals surface area contributed by atoms with Crippen LogP contribution in [0.5, 0.6) is 0 Å². The zero-order valence-electron chi connectivity index (χ0n) is 11.5. The van der Waals surface area contributed by atoms with Crippen LogP contribution < -0.4 is 5.69 Å². The fraction of sp³-hybridized carbons (Fsp3) is 0.133. The number of pyridine rings is 1. The number of hydrogen-bond donors (Lipinski definition) is 1. The molecule has 6 heteroatoms. The van der Waals surface area contributed by atoms with Gasteiger partial charge in [-0.05, 0) is 36.9 Å². The number of aryl methyl sites for hydroxylation is 2. The Labute approximate surface area is 119 Å². The Bertz CT molecular complexity index is 1020. The predicted molar refractivity (Wildman–Crippen MR) is 78.3 cm³/mol. The molecule has 4 aromatic rings. The second kappa shape index (κ2) is 4.05. The third-order valence-corrected chi connectivity index (χ3v) is 3.72. The van der Waals surface area contributed by atoms with Crippen LogP contribution >= 0.6 is 0 Å². The molecule has 3 heterocycles. The molecule has 0 amide bonds. The lowest BCUT2D eigenvalue weighted by Gasteiger charge is -2.04. The van der Waals surface area contributed by atoms with Crippen molar-refractivity contribution in [2.75, 3.05) is 0 Å². The minimum absolute atomic E-state index is 0.241. The van der Waals surface area contributed by atoms with Crippen LogP contribution in [0.4, 0.5) is 0 Å². The molecule has 0 saturated heterocycles. The van der Waals surface area contributed by atoms with Gasteiger partial charge in [0, 0.05) is 17.1 Å². The van der Waals surface area contributed by atoms with E-state index in [1.807, 2.05) is 38.1 Å². The van der Waals surface area contributed by atoms with Crippen molar-refractivity contribution in [2.24, 2.45) is 0 Å². The van der Waals surface area contributed by atoms with E-state index >= 15 is 0 Å². The molecule has 6 nitrogen and oxygen atoms in total. The first-order chi connectivity index (χ1) is 10.1. The zero-order valence-corrected chi connectivity index (χ0v) is 11.5. The monoisotopic (exact) mass is 280 g/mol. The molecule has 1 N–H and O–H groups in total. The van der Waals surface area contributed by atoms with Gasteiger partial charge in [-0.25, -0.2) is 14.3 Å². The van der Waals surface area contributed by atoms with Gasteiger partial charge in [-0.3, -0.25) is 0 Å². The Morgan fingerprint density at radius 2 is 2.10 bits per heavy atom. The number of fused-ring (bicyclic) bond motifs is 3. The highest BCUT2D eigenvalue weighted by atomic mass is 16.5. The Morgan fingerprint density at radius 3 is 2.86 bits per heavy atom. The van der Waals surface area contributed by atoms with Gasteiger partial charge in [0.15, 0.2) is 5.65 Å². The van der Waals surface area contributed by atoms with E-state index < -0.39 is 0 Å². The van der Waals surface area contributed by atoms with E-state index in [1.165, 1.54) is 4.40 Å². The van der Waals surface area contributed by atoms with Crippen molar-refractivity contribution in [2.45, 2.75) is 13.8 Å². The molecule has 21 heavy (non-hydrogen) atoms. The summed E-state index contributed by atoms with van der Waals surface area (Å²) in [5.41, 5.74) is 3.21. The normalized spacial score (nSPS) is 11.5. The van der Waals surface area contributed by atoms with Gasteiger partial charge in [0.2, 0.25) is 0 Å². The molecule has 4 rings (SSSR count). The highest BCUT2D eigenvalue weighted by Crippen LogP contribution is 2.30. The fourth-order valence-corrected chi connectivity index (χ4v) is 2.73. The van der Waals surface area contributed by atoms with Gasteiger partial charge < -0.3 is 4.52 Å². The SMILES string of the molecule is Cc1noc(C)c1-c1ccc2ccn3c(=O)[nH]nc3c2c1. The van der Waals surface area contributed by atoms with E-state index in [0.29, 0.717) is 5.65 Å². The maximum atomic E-state index is 11.7. The molecular formula is C15H12N4O2. The van der Waals surface area contributed by atoms with Gasteiger partial charge in [0.1, 0.15) is 5.76 Å². The van der Waals surface area contributed by atoms with Crippen molar-refractivity contribution in [3.05, 3.63) is 52.4 Å². The second-order valence-corrected chi connectivity index (χ2v) is 5.04. The molecule has 0 radical (unpaired) electrons. The van der Waals surface area contributed by atoms with Crippen LogP contribution in [0.3, 0.4) is 0 Å². The van der Waals surface area contributed by atoms with Crippen LogP contribution in [0.15, 0.2) is 39.8 Å². The van der Waals surface area contributed by atoms with Crippen LogP contribution in [-0.4, -0.2) is 19.8 Å². The van der Waals surface area contributed by atoms with E-state index in [0.717, 1.165) is 33.4 Å². The van der Waals surface area contributed by atoms with Crippen LogP contribution in [0.25, 0.3) is 27.5 Å². The average molecular weight is 280 g/mol. The minimum atomic E-state index is -0.241. The number of rotatable bonds is 1. The summed E-state index contributed by atoms with van der Waals surface area (Å²) in [7, 11) is 0. The van der Waals surface area contributed by atoms with Crippen LogP contribution in [0.2, 0.25) is 0 Å². The number of H-pyrrole nitrogens is 1. The van der Waals surface area contributed by atoms with Gasteiger partial charge in [-0.1, -0.05) is 17.3 Å². The third-order valence-electron chi connectivity index (χ3n) is 3.72. The summed E-state index contributed by atoms with van der Waals surface area (Å²) in [5.74, 6) is 0.776. The fourth-order valence-electron chi connectivity index (χ4n) is 2.73. The highest BCUT2D eigenvalue weighted by molar-refractivity contribution is 5.96. The first-order valence-corrected chi connectivity index (χ1v) is 6.58. The summed E-state index contributed by atoms with van der Waals surface area (Å²) >= 11 is 0. The molecule has 104 valence electrons. The number of benzene rings is 1. The predicted octanol–water partition coefficient (Wildman–Crippen LogP) is 2.45. The van der Waals surface area contributed by atoms with Crippen molar-refractivity contribution in [3.63, 3.8) is 0 Å².